The lowest BCUT2D eigenvalue weighted by molar-refractivity contribution is -0.125. The van der Waals surface area contributed by atoms with Crippen LogP contribution in [0.4, 0.5) is 4.39 Å². The fraction of sp³-hybridized carbons (Fsp3) is 0.478. The van der Waals surface area contributed by atoms with Crippen molar-refractivity contribution in [3.8, 4) is 5.69 Å². The summed E-state index contributed by atoms with van der Waals surface area (Å²) in [6.07, 6.45) is 3.25. The first-order valence-electron chi connectivity index (χ1n) is 10.2. The number of nitrogens with zero attached hydrogens (tertiary/aromatic N) is 1. The molecule has 1 N–H and O–H groups in total. The Kier molecular flexibility index (Phi) is 6.40. The molecule has 3 atom stereocenters. The van der Waals surface area contributed by atoms with Crippen LogP contribution in [0.3, 0.4) is 0 Å². The standard InChI is InChI=1S/C23H29FN2O3/c1-14-6-5-7-21(16(14)3)25-22(27)13-29-23(28)20-12-15(2)26(17(20)4)19-10-8-18(24)9-11-19/h8-12,14,16,21H,5-7,13H2,1-4H3,(H,25,27)/t14-,16+,21+/m0/s1. The van der Waals surface area contributed by atoms with Crippen molar-refractivity contribution < 1.29 is 18.7 Å². The SMILES string of the molecule is Cc1cc(C(=O)OCC(=O)N[C@@H]2CCC[C@H](C)[C@H]2C)c(C)n1-c1ccc(F)cc1. The van der Waals surface area contributed by atoms with Crippen LogP contribution in [0.25, 0.3) is 5.69 Å². The number of hydrogen-bond acceptors (Lipinski definition) is 3. The maximum atomic E-state index is 13.2. The first-order valence-corrected chi connectivity index (χ1v) is 10.2. The number of rotatable bonds is 5. The highest BCUT2D eigenvalue weighted by molar-refractivity contribution is 5.93. The topological polar surface area (TPSA) is 60.3 Å². The number of nitrogens with one attached hydrogen (secondary N) is 1. The summed E-state index contributed by atoms with van der Waals surface area (Å²) < 4.78 is 20.3. The first kappa shape index (κ1) is 21.1. The van der Waals surface area contributed by atoms with Crippen LogP contribution in [0.1, 0.15) is 54.9 Å². The first-order chi connectivity index (χ1) is 13.8. The van der Waals surface area contributed by atoms with E-state index in [4.69, 9.17) is 4.74 Å². The van der Waals surface area contributed by atoms with E-state index in [-0.39, 0.29) is 24.4 Å². The van der Waals surface area contributed by atoms with Gasteiger partial charge >= 0.3 is 5.97 Å². The van der Waals surface area contributed by atoms with Crippen molar-refractivity contribution in [1.29, 1.82) is 0 Å². The molecular formula is C23H29FN2O3. The predicted octanol–water partition coefficient (Wildman–Crippen LogP) is 4.33. The van der Waals surface area contributed by atoms with Crippen molar-refractivity contribution in [2.75, 3.05) is 6.61 Å². The van der Waals surface area contributed by atoms with Crippen LogP contribution in [0.15, 0.2) is 30.3 Å². The molecule has 156 valence electrons. The van der Waals surface area contributed by atoms with E-state index < -0.39 is 5.97 Å². The summed E-state index contributed by atoms with van der Waals surface area (Å²) in [5.74, 6) is -0.127. The van der Waals surface area contributed by atoms with Gasteiger partial charge in [-0.15, -0.1) is 0 Å². The van der Waals surface area contributed by atoms with E-state index in [1.807, 2.05) is 11.5 Å². The molecule has 3 rings (SSSR count). The van der Waals surface area contributed by atoms with Crippen molar-refractivity contribution >= 4 is 11.9 Å². The minimum Gasteiger partial charge on any atom is -0.452 e. The second kappa shape index (κ2) is 8.80. The average molecular weight is 400 g/mol. The van der Waals surface area contributed by atoms with Gasteiger partial charge in [0.25, 0.3) is 5.91 Å². The van der Waals surface area contributed by atoms with Crippen LogP contribution >= 0.6 is 0 Å². The summed E-state index contributed by atoms with van der Waals surface area (Å²) in [6, 6.07) is 7.93. The molecule has 0 aliphatic heterocycles. The van der Waals surface area contributed by atoms with Gasteiger partial charge in [0.1, 0.15) is 5.82 Å². The molecule has 1 fully saturated rings. The molecule has 5 nitrogen and oxygen atoms in total. The van der Waals surface area contributed by atoms with Crippen LogP contribution in [0, 0.1) is 31.5 Å². The monoisotopic (exact) mass is 400 g/mol. The number of aromatic nitrogens is 1. The number of amides is 1. The molecule has 1 aliphatic rings. The van der Waals surface area contributed by atoms with Gasteiger partial charge in [0.2, 0.25) is 0 Å². The molecular weight excluding hydrogens is 371 g/mol. The molecule has 29 heavy (non-hydrogen) atoms. The third-order valence-electron chi connectivity index (χ3n) is 6.12. The Labute approximate surface area is 171 Å². The highest BCUT2D eigenvalue weighted by atomic mass is 19.1. The number of carbonyl (C=O) groups is 2. The molecule has 1 amide bonds. The van der Waals surface area contributed by atoms with Gasteiger partial charge in [-0.2, -0.15) is 0 Å². The summed E-state index contributed by atoms with van der Waals surface area (Å²) in [7, 11) is 0. The molecule has 1 saturated carbocycles. The van der Waals surface area contributed by atoms with Gasteiger partial charge in [0, 0.05) is 23.1 Å². The number of ether oxygens (including phenoxy) is 1. The molecule has 2 aromatic rings. The zero-order valence-corrected chi connectivity index (χ0v) is 17.5. The van der Waals surface area contributed by atoms with Gasteiger partial charge in [-0.05, 0) is 62.4 Å². The van der Waals surface area contributed by atoms with Gasteiger partial charge < -0.3 is 14.6 Å². The van der Waals surface area contributed by atoms with Crippen LogP contribution in [-0.4, -0.2) is 29.1 Å². The lowest BCUT2D eigenvalue weighted by atomic mass is 9.78. The number of benzene rings is 1. The molecule has 1 heterocycles. The maximum Gasteiger partial charge on any atom is 0.340 e. The van der Waals surface area contributed by atoms with E-state index in [2.05, 4.69) is 19.2 Å². The number of hydrogen-bond donors (Lipinski definition) is 1. The Morgan fingerprint density at radius 3 is 2.55 bits per heavy atom. The van der Waals surface area contributed by atoms with E-state index in [0.29, 0.717) is 23.1 Å². The zero-order chi connectivity index (χ0) is 21.1. The molecule has 0 unspecified atom stereocenters. The summed E-state index contributed by atoms with van der Waals surface area (Å²) >= 11 is 0. The van der Waals surface area contributed by atoms with Crippen molar-refractivity contribution in [3.63, 3.8) is 0 Å². The van der Waals surface area contributed by atoms with Crippen molar-refractivity contribution in [3.05, 3.63) is 53.1 Å². The summed E-state index contributed by atoms with van der Waals surface area (Å²) in [4.78, 5) is 24.8. The molecule has 0 saturated heterocycles. The van der Waals surface area contributed by atoms with Crippen LogP contribution in [0.2, 0.25) is 0 Å². The third-order valence-corrected chi connectivity index (χ3v) is 6.12. The largest absolute Gasteiger partial charge is 0.452 e. The van der Waals surface area contributed by atoms with E-state index in [1.54, 1.807) is 25.1 Å². The molecule has 0 spiro atoms. The number of esters is 1. The number of aryl methyl sites for hydroxylation is 1. The molecule has 0 bridgehead atoms. The summed E-state index contributed by atoms with van der Waals surface area (Å²) in [5, 5.41) is 3.01. The third kappa shape index (κ3) is 4.69. The second-order valence-corrected chi connectivity index (χ2v) is 8.11. The molecule has 6 heteroatoms. The lowest BCUT2D eigenvalue weighted by Gasteiger charge is -2.34. The van der Waals surface area contributed by atoms with Crippen molar-refractivity contribution in [1.82, 2.24) is 9.88 Å². The fourth-order valence-corrected chi connectivity index (χ4v) is 4.20. The Balaban J connectivity index is 1.63. The molecule has 1 aliphatic carbocycles. The van der Waals surface area contributed by atoms with E-state index in [9.17, 15) is 14.0 Å². The number of halogens is 1. The van der Waals surface area contributed by atoms with Gasteiger partial charge in [0.05, 0.1) is 5.56 Å². The molecule has 1 aromatic heterocycles. The van der Waals surface area contributed by atoms with Gasteiger partial charge in [0.15, 0.2) is 6.61 Å². The normalized spacial score (nSPS) is 21.6. The highest BCUT2D eigenvalue weighted by Crippen LogP contribution is 2.29. The average Bonchev–Trinajstić information content (AvgIpc) is 2.99. The zero-order valence-electron chi connectivity index (χ0n) is 17.5. The van der Waals surface area contributed by atoms with Crippen LogP contribution in [-0.2, 0) is 9.53 Å². The van der Waals surface area contributed by atoms with E-state index in [1.165, 1.54) is 18.6 Å². The Morgan fingerprint density at radius 1 is 1.17 bits per heavy atom. The van der Waals surface area contributed by atoms with Crippen LogP contribution < -0.4 is 5.32 Å². The Bertz CT molecular complexity index is 888. The van der Waals surface area contributed by atoms with Gasteiger partial charge in [-0.25, -0.2) is 9.18 Å². The Hall–Kier alpha value is -2.63. The number of carbonyl (C=O) groups excluding carboxylic acids is 2. The van der Waals surface area contributed by atoms with Crippen molar-refractivity contribution in [2.45, 2.75) is 53.0 Å². The van der Waals surface area contributed by atoms with Crippen molar-refractivity contribution in [2.24, 2.45) is 11.8 Å². The summed E-state index contributed by atoms with van der Waals surface area (Å²) in [5.41, 5.74) is 2.68. The second-order valence-electron chi connectivity index (χ2n) is 8.11. The smallest absolute Gasteiger partial charge is 0.340 e. The molecule has 1 aromatic carbocycles. The van der Waals surface area contributed by atoms with Crippen LogP contribution in [0.5, 0.6) is 0 Å². The van der Waals surface area contributed by atoms with E-state index in [0.717, 1.165) is 24.2 Å². The minimum atomic E-state index is -0.535. The van der Waals surface area contributed by atoms with Gasteiger partial charge in [-0.1, -0.05) is 26.7 Å². The quantitative estimate of drug-likeness (QED) is 0.760. The minimum absolute atomic E-state index is 0.133. The Morgan fingerprint density at radius 2 is 1.86 bits per heavy atom. The predicted molar refractivity (Wildman–Crippen MR) is 110 cm³/mol. The maximum absolute atomic E-state index is 13.2. The summed E-state index contributed by atoms with van der Waals surface area (Å²) in [6.45, 7) is 7.74. The molecule has 0 radical (unpaired) electrons. The highest BCUT2D eigenvalue weighted by Gasteiger charge is 2.28. The van der Waals surface area contributed by atoms with Gasteiger partial charge in [-0.3, -0.25) is 4.79 Å². The van der Waals surface area contributed by atoms with E-state index >= 15 is 0 Å². The lowest BCUT2D eigenvalue weighted by Crippen LogP contribution is -2.45. The fourth-order valence-electron chi connectivity index (χ4n) is 4.20.